The maximum atomic E-state index is 6.25. The number of pyridine rings is 1. The van der Waals surface area contributed by atoms with Gasteiger partial charge in [-0.15, -0.1) is 0 Å². The van der Waals surface area contributed by atoms with Crippen LogP contribution in [0, 0.1) is 6.92 Å². The highest BCUT2D eigenvalue weighted by Gasteiger charge is 2.17. The van der Waals surface area contributed by atoms with Gasteiger partial charge in [-0.05, 0) is 18.6 Å². The lowest BCUT2D eigenvalue weighted by Crippen LogP contribution is -2.44. The van der Waals surface area contributed by atoms with Gasteiger partial charge in [0.1, 0.15) is 5.69 Å². The standard InChI is InChI=1S/C14H16ClN5/c1-10-3-2-4-17-12(10)13-11(15)9-18-14(19-13)20-7-5-16-6-8-20/h2-4,9,16H,5-8H2,1H3. The predicted molar refractivity (Wildman–Crippen MR) is 80.1 cm³/mol. The van der Waals surface area contributed by atoms with Crippen molar-refractivity contribution in [3.63, 3.8) is 0 Å². The number of aryl methyl sites for hydroxylation is 1. The molecule has 0 unspecified atom stereocenters. The van der Waals surface area contributed by atoms with Gasteiger partial charge in [0.05, 0.1) is 16.9 Å². The summed E-state index contributed by atoms with van der Waals surface area (Å²) in [6.45, 7) is 5.71. The second-order valence-electron chi connectivity index (χ2n) is 4.77. The molecular formula is C14H16ClN5. The zero-order chi connectivity index (χ0) is 13.9. The molecule has 2 aromatic rings. The topological polar surface area (TPSA) is 53.9 Å². The molecule has 2 aromatic heterocycles. The Morgan fingerprint density at radius 3 is 2.75 bits per heavy atom. The Morgan fingerprint density at radius 2 is 2.00 bits per heavy atom. The van der Waals surface area contributed by atoms with Gasteiger partial charge in [-0.1, -0.05) is 17.7 Å². The van der Waals surface area contributed by atoms with Gasteiger partial charge >= 0.3 is 0 Å². The van der Waals surface area contributed by atoms with Crippen molar-refractivity contribution in [2.45, 2.75) is 6.92 Å². The molecule has 1 N–H and O–H groups in total. The molecule has 3 heterocycles. The van der Waals surface area contributed by atoms with Crippen molar-refractivity contribution in [3.05, 3.63) is 35.1 Å². The minimum Gasteiger partial charge on any atom is -0.338 e. The van der Waals surface area contributed by atoms with Crippen molar-refractivity contribution in [2.24, 2.45) is 0 Å². The number of piperazine rings is 1. The van der Waals surface area contributed by atoms with Crippen molar-refractivity contribution < 1.29 is 0 Å². The first-order valence-electron chi connectivity index (χ1n) is 6.66. The van der Waals surface area contributed by atoms with Crippen LogP contribution in [0.2, 0.25) is 5.02 Å². The van der Waals surface area contributed by atoms with Crippen LogP contribution in [0.15, 0.2) is 24.5 Å². The van der Waals surface area contributed by atoms with E-state index in [9.17, 15) is 0 Å². The van der Waals surface area contributed by atoms with Gasteiger partial charge in [-0.2, -0.15) is 0 Å². The van der Waals surface area contributed by atoms with Gasteiger partial charge < -0.3 is 10.2 Å². The second kappa shape index (κ2) is 5.73. The van der Waals surface area contributed by atoms with Crippen molar-refractivity contribution >= 4 is 17.5 Å². The molecule has 104 valence electrons. The summed E-state index contributed by atoms with van der Waals surface area (Å²) >= 11 is 6.25. The van der Waals surface area contributed by atoms with E-state index in [1.807, 2.05) is 19.1 Å². The van der Waals surface area contributed by atoms with Crippen LogP contribution in [0.5, 0.6) is 0 Å². The van der Waals surface area contributed by atoms with Crippen LogP contribution in [0.4, 0.5) is 5.95 Å². The van der Waals surface area contributed by atoms with E-state index in [1.165, 1.54) is 0 Å². The van der Waals surface area contributed by atoms with Gasteiger partial charge in [0, 0.05) is 32.4 Å². The zero-order valence-corrected chi connectivity index (χ0v) is 12.1. The molecule has 0 radical (unpaired) electrons. The number of halogens is 1. The molecule has 0 saturated carbocycles. The molecule has 0 aliphatic carbocycles. The van der Waals surface area contributed by atoms with Crippen molar-refractivity contribution in [3.8, 4) is 11.4 Å². The number of nitrogens with one attached hydrogen (secondary N) is 1. The van der Waals surface area contributed by atoms with Crippen molar-refractivity contribution in [1.82, 2.24) is 20.3 Å². The third-order valence-electron chi connectivity index (χ3n) is 3.36. The first-order chi connectivity index (χ1) is 9.75. The monoisotopic (exact) mass is 289 g/mol. The molecule has 1 aliphatic heterocycles. The maximum Gasteiger partial charge on any atom is 0.226 e. The van der Waals surface area contributed by atoms with E-state index in [0.717, 1.165) is 43.4 Å². The Labute approximate surface area is 123 Å². The molecule has 3 rings (SSSR count). The Hall–Kier alpha value is -1.72. The first-order valence-corrected chi connectivity index (χ1v) is 7.03. The highest BCUT2D eigenvalue weighted by Crippen LogP contribution is 2.27. The van der Waals surface area contributed by atoms with Gasteiger partial charge in [0.2, 0.25) is 5.95 Å². The minimum absolute atomic E-state index is 0.533. The summed E-state index contributed by atoms with van der Waals surface area (Å²) in [5.74, 6) is 0.718. The molecular weight excluding hydrogens is 274 g/mol. The van der Waals surface area contributed by atoms with Crippen molar-refractivity contribution in [1.29, 1.82) is 0 Å². The third-order valence-corrected chi connectivity index (χ3v) is 3.64. The molecule has 0 amide bonds. The van der Waals surface area contributed by atoms with Gasteiger partial charge in [0.15, 0.2) is 0 Å². The molecule has 0 aromatic carbocycles. The number of nitrogens with zero attached hydrogens (tertiary/aromatic N) is 4. The normalized spacial score (nSPS) is 15.4. The summed E-state index contributed by atoms with van der Waals surface area (Å²) in [7, 11) is 0. The third kappa shape index (κ3) is 2.59. The van der Waals surface area contributed by atoms with Gasteiger partial charge in [-0.25, -0.2) is 9.97 Å². The summed E-state index contributed by atoms with van der Waals surface area (Å²) in [4.78, 5) is 15.5. The number of rotatable bonds is 2. The highest BCUT2D eigenvalue weighted by molar-refractivity contribution is 6.32. The van der Waals surface area contributed by atoms with Crippen molar-refractivity contribution in [2.75, 3.05) is 31.1 Å². The summed E-state index contributed by atoms with van der Waals surface area (Å²) in [6, 6.07) is 3.91. The van der Waals surface area contributed by atoms with Crippen LogP contribution < -0.4 is 10.2 Å². The Kier molecular flexibility index (Phi) is 3.80. The highest BCUT2D eigenvalue weighted by atomic mass is 35.5. The average molecular weight is 290 g/mol. The molecule has 0 spiro atoms. The van der Waals surface area contributed by atoms with Crippen LogP contribution in [0.3, 0.4) is 0 Å². The number of hydrogen-bond donors (Lipinski definition) is 1. The van der Waals surface area contributed by atoms with Crippen LogP contribution in [-0.4, -0.2) is 41.1 Å². The molecule has 6 heteroatoms. The molecule has 5 nitrogen and oxygen atoms in total. The summed E-state index contributed by atoms with van der Waals surface area (Å²) in [5.41, 5.74) is 2.57. The largest absolute Gasteiger partial charge is 0.338 e. The van der Waals surface area contributed by atoms with Crippen LogP contribution in [-0.2, 0) is 0 Å². The van der Waals surface area contributed by atoms with E-state index < -0.39 is 0 Å². The fourth-order valence-corrected chi connectivity index (χ4v) is 2.46. The van der Waals surface area contributed by atoms with E-state index in [4.69, 9.17) is 11.6 Å². The lowest BCUT2D eigenvalue weighted by atomic mass is 10.1. The Morgan fingerprint density at radius 1 is 1.20 bits per heavy atom. The zero-order valence-electron chi connectivity index (χ0n) is 11.3. The Bertz CT molecular complexity index is 610. The maximum absolute atomic E-state index is 6.25. The van der Waals surface area contributed by atoms with Crippen LogP contribution >= 0.6 is 11.6 Å². The minimum atomic E-state index is 0.533. The molecule has 20 heavy (non-hydrogen) atoms. The van der Waals surface area contributed by atoms with Gasteiger partial charge in [-0.3, -0.25) is 4.98 Å². The first kappa shape index (κ1) is 13.3. The van der Waals surface area contributed by atoms with Crippen LogP contribution in [0.25, 0.3) is 11.4 Å². The lowest BCUT2D eigenvalue weighted by Gasteiger charge is -2.27. The quantitative estimate of drug-likeness (QED) is 0.915. The predicted octanol–water partition coefficient (Wildman–Crippen LogP) is 1.91. The molecule has 0 bridgehead atoms. The van der Waals surface area contributed by atoms with E-state index in [1.54, 1.807) is 12.4 Å². The van der Waals surface area contributed by atoms with E-state index in [0.29, 0.717) is 10.7 Å². The molecule has 0 atom stereocenters. The Balaban J connectivity index is 2.00. The van der Waals surface area contributed by atoms with E-state index in [-0.39, 0.29) is 0 Å². The average Bonchev–Trinajstić information content (AvgIpc) is 2.49. The molecule has 1 saturated heterocycles. The van der Waals surface area contributed by atoms with E-state index >= 15 is 0 Å². The number of aromatic nitrogens is 3. The summed E-state index contributed by atoms with van der Waals surface area (Å²) in [5, 5.41) is 3.85. The molecule has 1 aliphatic rings. The number of anilines is 1. The molecule has 1 fully saturated rings. The SMILES string of the molecule is Cc1cccnc1-c1nc(N2CCNCC2)ncc1Cl. The summed E-state index contributed by atoms with van der Waals surface area (Å²) in [6.07, 6.45) is 3.42. The fraction of sp³-hybridized carbons (Fsp3) is 0.357. The van der Waals surface area contributed by atoms with E-state index in [2.05, 4.69) is 25.2 Å². The smallest absolute Gasteiger partial charge is 0.226 e. The summed E-state index contributed by atoms with van der Waals surface area (Å²) < 4.78 is 0. The lowest BCUT2D eigenvalue weighted by molar-refractivity contribution is 0.580. The fourth-order valence-electron chi connectivity index (χ4n) is 2.27. The second-order valence-corrected chi connectivity index (χ2v) is 5.18. The van der Waals surface area contributed by atoms with Gasteiger partial charge in [0.25, 0.3) is 0 Å². The number of hydrogen-bond acceptors (Lipinski definition) is 5. The van der Waals surface area contributed by atoms with Crippen LogP contribution in [0.1, 0.15) is 5.56 Å².